The predicted octanol–water partition coefficient (Wildman–Crippen LogP) is 5.59. The largest absolute Gasteiger partial charge is 0.334 e. The van der Waals surface area contributed by atoms with Gasteiger partial charge in [0.05, 0.1) is 11.1 Å². The Bertz CT molecular complexity index is 774. The van der Waals surface area contributed by atoms with E-state index in [1.807, 2.05) is 54.4 Å². The molecule has 0 aromatic heterocycles. The van der Waals surface area contributed by atoms with Gasteiger partial charge in [0, 0.05) is 23.0 Å². The average Bonchev–Trinajstić information content (AvgIpc) is 2.80. The minimum atomic E-state index is -0.00561. The lowest BCUT2D eigenvalue weighted by Crippen LogP contribution is -2.27. The van der Waals surface area contributed by atoms with Crippen LogP contribution in [0, 0.1) is 0 Å². The molecule has 0 fully saturated rings. The summed E-state index contributed by atoms with van der Waals surface area (Å²) in [6.45, 7) is 3.89. The maximum Gasteiger partial charge on any atom is 0.254 e. The van der Waals surface area contributed by atoms with E-state index in [1.165, 1.54) is 0 Å². The van der Waals surface area contributed by atoms with Crippen LogP contribution >= 0.6 is 27.5 Å². The van der Waals surface area contributed by atoms with Crippen LogP contribution in [0.2, 0.25) is 5.02 Å². The van der Waals surface area contributed by atoms with Crippen molar-refractivity contribution in [3.8, 4) is 0 Å². The monoisotopic (exact) mass is 389 g/mol. The van der Waals surface area contributed by atoms with Crippen molar-refractivity contribution >= 4 is 33.4 Å². The smallest absolute Gasteiger partial charge is 0.254 e. The van der Waals surface area contributed by atoms with Crippen molar-refractivity contribution in [2.75, 3.05) is 7.05 Å². The van der Waals surface area contributed by atoms with Crippen LogP contribution in [0.4, 0.5) is 0 Å². The lowest BCUT2D eigenvalue weighted by Gasteiger charge is -2.30. The molecule has 4 heteroatoms. The van der Waals surface area contributed by atoms with Gasteiger partial charge in [-0.1, -0.05) is 41.9 Å². The molecule has 1 aliphatic heterocycles. The Labute approximate surface area is 149 Å². The Morgan fingerprint density at radius 3 is 2.78 bits per heavy atom. The van der Waals surface area contributed by atoms with Crippen LogP contribution in [0.3, 0.4) is 0 Å². The summed E-state index contributed by atoms with van der Waals surface area (Å²) in [7, 11) is 1.86. The normalized spacial score (nSPS) is 18.0. The fraction of sp³-hybridized carbons (Fsp3) is 0.211. The maximum absolute atomic E-state index is 12.5. The highest BCUT2D eigenvalue weighted by Crippen LogP contribution is 2.44. The third-order valence-corrected chi connectivity index (χ3v) is 5.65. The molecule has 2 unspecified atom stereocenters. The highest BCUT2D eigenvalue weighted by molar-refractivity contribution is 9.10. The zero-order valence-electron chi connectivity index (χ0n) is 12.8. The number of hydrogen-bond donors (Lipinski definition) is 0. The zero-order valence-corrected chi connectivity index (χ0v) is 15.1. The van der Waals surface area contributed by atoms with Crippen LogP contribution in [0.25, 0.3) is 0 Å². The first-order valence-corrected chi connectivity index (χ1v) is 8.63. The van der Waals surface area contributed by atoms with E-state index in [4.69, 9.17) is 11.6 Å². The quantitative estimate of drug-likeness (QED) is 0.623. The number of carbonyl (C=O) groups excluding carboxylic acids is 1. The molecule has 0 bridgehead atoms. The van der Waals surface area contributed by atoms with Gasteiger partial charge in [-0.15, -0.1) is 6.58 Å². The van der Waals surface area contributed by atoms with E-state index < -0.39 is 0 Å². The molecule has 0 spiro atoms. The molecule has 0 N–H and O–H groups in total. The summed E-state index contributed by atoms with van der Waals surface area (Å²) in [6.07, 6.45) is 2.68. The van der Waals surface area contributed by atoms with Gasteiger partial charge in [0.1, 0.15) is 0 Å². The molecule has 1 aliphatic rings. The molecule has 1 heterocycles. The molecule has 0 aliphatic carbocycles. The van der Waals surface area contributed by atoms with Crippen molar-refractivity contribution in [1.29, 1.82) is 0 Å². The molecule has 3 rings (SSSR count). The Morgan fingerprint density at radius 2 is 2.09 bits per heavy atom. The molecule has 0 radical (unpaired) electrons. The minimum Gasteiger partial charge on any atom is -0.334 e. The number of halogens is 2. The third-order valence-electron chi connectivity index (χ3n) is 4.42. The van der Waals surface area contributed by atoms with Crippen LogP contribution in [0.5, 0.6) is 0 Å². The lowest BCUT2D eigenvalue weighted by atomic mass is 9.84. The first-order chi connectivity index (χ1) is 11.0. The second-order valence-corrected chi connectivity index (χ2v) is 7.01. The highest BCUT2D eigenvalue weighted by Gasteiger charge is 2.38. The summed E-state index contributed by atoms with van der Waals surface area (Å²) >= 11 is 9.71. The van der Waals surface area contributed by atoms with Crippen LogP contribution in [-0.2, 0) is 0 Å². The lowest BCUT2D eigenvalue weighted by molar-refractivity contribution is 0.0755. The summed E-state index contributed by atoms with van der Waals surface area (Å²) in [4.78, 5) is 14.4. The molecule has 2 aromatic rings. The molecule has 1 amide bonds. The Morgan fingerprint density at radius 1 is 1.35 bits per heavy atom. The minimum absolute atomic E-state index is 0.00561. The summed E-state index contributed by atoms with van der Waals surface area (Å²) in [5.74, 6) is 0.193. The average molecular weight is 391 g/mol. The van der Waals surface area contributed by atoms with Crippen LogP contribution in [0.1, 0.15) is 39.9 Å². The number of nitrogens with zero attached hydrogens (tertiary/aromatic N) is 1. The molecular weight excluding hydrogens is 374 g/mol. The fourth-order valence-corrected chi connectivity index (χ4v) is 3.77. The standard InChI is InChI=1S/C19H17BrClNO/c1-3-6-13(12-9-10-16(20)17(21)11-12)18-14-7-4-5-8-15(14)19(23)22(18)2/h3-5,7-11,13,18H,1,6H2,2H3. The van der Waals surface area contributed by atoms with Gasteiger partial charge in [-0.2, -0.15) is 0 Å². The van der Waals surface area contributed by atoms with Gasteiger partial charge in [0.25, 0.3) is 5.91 Å². The van der Waals surface area contributed by atoms with E-state index in [2.05, 4.69) is 28.6 Å². The Hall–Kier alpha value is -1.58. The topological polar surface area (TPSA) is 20.3 Å². The number of fused-ring (bicyclic) bond motifs is 1. The number of rotatable bonds is 4. The van der Waals surface area contributed by atoms with Crippen molar-refractivity contribution in [1.82, 2.24) is 4.90 Å². The van der Waals surface area contributed by atoms with E-state index in [0.29, 0.717) is 5.02 Å². The van der Waals surface area contributed by atoms with E-state index in [0.717, 1.165) is 27.6 Å². The van der Waals surface area contributed by atoms with Crippen LogP contribution in [0.15, 0.2) is 59.6 Å². The Balaban J connectivity index is 2.09. The van der Waals surface area contributed by atoms with Crippen molar-refractivity contribution < 1.29 is 4.79 Å². The van der Waals surface area contributed by atoms with Crippen LogP contribution < -0.4 is 0 Å². The SMILES string of the molecule is C=CCC(c1ccc(Br)c(Cl)c1)C1c2ccccc2C(=O)N1C. The molecule has 118 valence electrons. The first kappa shape index (κ1) is 16.3. The van der Waals surface area contributed by atoms with Crippen molar-refractivity contribution in [2.45, 2.75) is 18.4 Å². The summed E-state index contributed by atoms with van der Waals surface area (Å²) in [5.41, 5.74) is 2.97. The molecule has 23 heavy (non-hydrogen) atoms. The number of amides is 1. The van der Waals surface area contributed by atoms with Crippen LogP contribution in [-0.4, -0.2) is 17.9 Å². The summed E-state index contributed by atoms with van der Waals surface area (Å²) in [6, 6.07) is 13.8. The highest BCUT2D eigenvalue weighted by atomic mass is 79.9. The van der Waals surface area contributed by atoms with Gasteiger partial charge in [0.2, 0.25) is 0 Å². The van der Waals surface area contributed by atoms with E-state index in [-0.39, 0.29) is 17.9 Å². The molecule has 0 saturated carbocycles. The summed E-state index contributed by atoms with van der Waals surface area (Å²) in [5, 5.41) is 0.678. The van der Waals surface area contributed by atoms with Gasteiger partial charge >= 0.3 is 0 Å². The van der Waals surface area contributed by atoms with Gasteiger partial charge in [-0.25, -0.2) is 0 Å². The maximum atomic E-state index is 12.5. The first-order valence-electron chi connectivity index (χ1n) is 7.46. The van der Waals surface area contributed by atoms with E-state index in [9.17, 15) is 4.79 Å². The predicted molar refractivity (Wildman–Crippen MR) is 98.0 cm³/mol. The Kier molecular flexibility index (Phi) is 4.60. The van der Waals surface area contributed by atoms with Gasteiger partial charge in [0.15, 0.2) is 0 Å². The third kappa shape index (κ3) is 2.84. The number of allylic oxidation sites excluding steroid dienone is 1. The van der Waals surface area contributed by atoms with Crippen molar-refractivity contribution in [2.24, 2.45) is 0 Å². The van der Waals surface area contributed by atoms with E-state index >= 15 is 0 Å². The molecule has 2 atom stereocenters. The number of likely N-dealkylation sites (N-methyl/N-ethyl adjacent to an activating group) is 1. The second kappa shape index (κ2) is 6.50. The molecule has 2 nitrogen and oxygen atoms in total. The number of carbonyl (C=O) groups is 1. The van der Waals surface area contributed by atoms with Gasteiger partial charge in [-0.05, 0) is 51.7 Å². The van der Waals surface area contributed by atoms with Gasteiger partial charge < -0.3 is 4.90 Å². The molecule has 0 saturated heterocycles. The zero-order chi connectivity index (χ0) is 16.6. The molecular formula is C19H17BrClNO. The van der Waals surface area contributed by atoms with Crippen molar-refractivity contribution in [3.05, 3.63) is 81.3 Å². The summed E-state index contributed by atoms with van der Waals surface area (Å²) < 4.78 is 0.872. The number of benzene rings is 2. The van der Waals surface area contributed by atoms with E-state index in [1.54, 1.807) is 0 Å². The number of hydrogen-bond acceptors (Lipinski definition) is 1. The molecule has 2 aromatic carbocycles. The van der Waals surface area contributed by atoms with Gasteiger partial charge in [-0.3, -0.25) is 4.79 Å². The fourth-order valence-electron chi connectivity index (χ4n) is 3.33. The van der Waals surface area contributed by atoms with Crippen molar-refractivity contribution in [3.63, 3.8) is 0 Å². The second-order valence-electron chi connectivity index (χ2n) is 5.75.